The van der Waals surface area contributed by atoms with Crippen LogP contribution in [0.25, 0.3) is 11.5 Å². The molecule has 4 rings (SSSR count). The van der Waals surface area contributed by atoms with Crippen LogP contribution in [0, 0.1) is 0 Å². The lowest BCUT2D eigenvalue weighted by Gasteiger charge is -2.31. The van der Waals surface area contributed by atoms with Crippen molar-refractivity contribution in [1.82, 2.24) is 25.0 Å². The molecule has 1 aliphatic heterocycles. The number of rotatable bonds is 4. The van der Waals surface area contributed by atoms with E-state index < -0.39 is 12.0 Å². The summed E-state index contributed by atoms with van der Waals surface area (Å²) in [5, 5.41) is 13.5. The van der Waals surface area contributed by atoms with Gasteiger partial charge in [-0.15, -0.1) is 0 Å². The first kappa shape index (κ1) is 14.6. The van der Waals surface area contributed by atoms with E-state index in [4.69, 9.17) is 4.52 Å². The monoisotopic (exact) mass is 325 g/mol. The molecule has 0 amide bonds. The number of fused-ring (bicyclic) bond motifs is 1. The Labute approximate surface area is 137 Å². The van der Waals surface area contributed by atoms with Crippen LogP contribution in [-0.4, -0.2) is 42.1 Å². The zero-order valence-corrected chi connectivity index (χ0v) is 12.7. The number of imidazole rings is 1. The lowest BCUT2D eigenvalue weighted by atomic mass is 10.0. The number of nitrogens with one attached hydrogen (secondary N) is 1. The van der Waals surface area contributed by atoms with Crippen LogP contribution >= 0.6 is 0 Å². The van der Waals surface area contributed by atoms with Crippen LogP contribution in [0.15, 0.2) is 41.2 Å². The second kappa shape index (κ2) is 5.89. The van der Waals surface area contributed by atoms with Gasteiger partial charge in [0.1, 0.15) is 6.04 Å². The third-order valence-electron chi connectivity index (χ3n) is 4.11. The van der Waals surface area contributed by atoms with E-state index in [-0.39, 0.29) is 0 Å². The number of aromatic amines is 1. The molecular formula is C16H15N5O3. The number of aliphatic carboxylic acids is 1. The highest BCUT2D eigenvalue weighted by molar-refractivity contribution is 5.74. The molecule has 1 aliphatic rings. The van der Waals surface area contributed by atoms with Gasteiger partial charge in [-0.1, -0.05) is 23.4 Å². The quantitative estimate of drug-likeness (QED) is 0.747. The van der Waals surface area contributed by atoms with Crippen LogP contribution in [-0.2, 0) is 24.3 Å². The predicted octanol–water partition coefficient (Wildman–Crippen LogP) is 1.47. The number of carboxylic acid groups (broad SMARTS) is 1. The number of carboxylic acids is 1. The van der Waals surface area contributed by atoms with Crippen LogP contribution < -0.4 is 0 Å². The van der Waals surface area contributed by atoms with E-state index in [1.165, 1.54) is 0 Å². The number of benzene rings is 1. The normalized spacial score (nSPS) is 17.6. The lowest BCUT2D eigenvalue weighted by Crippen LogP contribution is -2.45. The maximum atomic E-state index is 11.6. The molecule has 122 valence electrons. The van der Waals surface area contributed by atoms with Crippen LogP contribution in [0.5, 0.6) is 0 Å². The van der Waals surface area contributed by atoms with Gasteiger partial charge in [-0.3, -0.25) is 9.69 Å². The van der Waals surface area contributed by atoms with E-state index in [0.717, 1.165) is 17.0 Å². The van der Waals surface area contributed by atoms with Crippen molar-refractivity contribution in [2.75, 3.05) is 0 Å². The Morgan fingerprint density at radius 3 is 3.00 bits per heavy atom. The molecule has 8 nitrogen and oxygen atoms in total. The first-order valence-corrected chi connectivity index (χ1v) is 7.56. The highest BCUT2D eigenvalue weighted by Gasteiger charge is 2.33. The molecule has 0 fully saturated rings. The largest absolute Gasteiger partial charge is 0.480 e. The summed E-state index contributed by atoms with van der Waals surface area (Å²) in [5.41, 5.74) is 2.57. The van der Waals surface area contributed by atoms with Crippen LogP contribution in [0.2, 0.25) is 0 Å². The Hall–Kier alpha value is -3.00. The number of nitrogens with zero attached hydrogens (tertiary/aromatic N) is 4. The molecule has 1 aromatic carbocycles. The van der Waals surface area contributed by atoms with Gasteiger partial charge in [0.25, 0.3) is 5.89 Å². The van der Waals surface area contributed by atoms with Crippen LogP contribution in [0.1, 0.15) is 17.2 Å². The second-order valence-electron chi connectivity index (χ2n) is 5.67. The molecule has 8 heteroatoms. The van der Waals surface area contributed by atoms with Crippen LogP contribution in [0.3, 0.4) is 0 Å². The van der Waals surface area contributed by atoms with Crippen molar-refractivity contribution in [1.29, 1.82) is 0 Å². The summed E-state index contributed by atoms with van der Waals surface area (Å²) in [6.45, 7) is 0.757. The Bertz CT molecular complexity index is 857. The number of hydrogen-bond donors (Lipinski definition) is 2. The number of aromatic nitrogens is 4. The van der Waals surface area contributed by atoms with Crippen molar-refractivity contribution < 1.29 is 14.4 Å². The third kappa shape index (κ3) is 2.67. The second-order valence-corrected chi connectivity index (χ2v) is 5.67. The van der Waals surface area contributed by atoms with Gasteiger partial charge in [0.05, 0.1) is 24.3 Å². The Morgan fingerprint density at radius 1 is 1.38 bits per heavy atom. The van der Waals surface area contributed by atoms with E-state index in [2.05, 4.69) is 20.1 Å². The molecule has 0 radical (unpaired) electrons. The summed E-state index contributed by atoms with van der Waals surface area (Å²) in [5.74, 6) is 0.00945. The molecule has 0 unspecified atom stereocenters. The molecule has 24 heavy (non-hydrogen) atoms. The third-order valence-corrected chi connectivity index (χ3v) is 4.11. The summed E-state index contributed by atoms with van der Waals surface area (Å²) in [6.07, 6.45) is 1.95. The Kier molecular flexibility index (Phi) is 3.58. The molecule has 2 N–H and O–H groups in total. The van der Waals surface area contributed by atoms with E-state index in [0.29, 0.717) is 31.2 Å². The van der Waals surface area contributed by atoms with Gasteiger partial charge < -0.3 is 14.6 Å². The fraction of sp³-hybridized carbons (Fsp3) is 0.250. The smallest absolute Gasteiger partial charge is 0.321 e. The van der Waals surface area contributed by atoms with Gasteiger partial charge >= 0.3 is 5.97 Å². The van der Waals surface area contributed by atoms with Crippen molar-refractivity contribution in [2.45, 2.75) is 25.6 Å². The van der Waals surface area contributed by atoms with Crippen molar-refractivity contribution in [3.63, 3.8) is 0 Å². The molecule has 3 heterocycles. The van der Waals surface area contributed by atoms with Crippen LogP contribution in [0.4, 0.5) is 0 Å². The Balaban J connectivity index is 1.56. The highest BCUT2D eigenvalue weighted by atomic mass is 16.5. The summed E-state index contributed by atoms with van der Waals surface area (Å²) >= 11 is 0. The van der Waals surface area contributed by atoms with Crippen molar-refractivity contribution in [3.05, 3.63) is 53.9 Å². The number of H-pyrrole nitrogens is 1. The van der Waals surface area contributed by atoms with E-state index in [1.807, 2.05) is 35.2 Å². The summed E-state index contributed by atoms with van der Waals surface area (Å²) in [6, 6.07) is 8.81. The molecule has 0 saturated carbocycles. The van der Waals surface area contributed by atoms with Crippen molar-refractivity contribution in [2.24, 2.45) is 0 Å². The number of carbonyl (C=O) groups is 1. The average Bonchev–Trinajstić information content (AvgIpc) is 3.23. The average molecular weight is 325 g/mol. The van der Waals surface area contributed by atoms with Gasteiger partial charge in [-0.05, 0) is 12.1 Å². The molecule has 2 aromatic heterocycles. The van der Waals surface area contributed by atoms with Crippen molar-refractivity contribution >= 4 is 5.97 Å². The maximum absolute atomic E-state index is 11.6. The zero-order valence-electron chi connectivity index (χ0n) is 12.7. The molecule has 0 saturated heterocycles. The van der Waals surface area contributed by atoms with Gasteiger partial charge in [-0.2, -0.15) is 4.98 Å². The SMILES string of the molecule is O=C(O)[C@@H]1Cc2nc[nH]c2CN1Cc1noc(-c2ccccc2)n1. The molecule has 0 bridgehead atoms. The summed E-state index contributed by atoms with van der Waals surface area (Å²) in [4.78, 5) is 25.0. The minimum Gasteiger partial charge on any atom is -0.480 e. The summed E-state index contributed by atoms with van der Waals surface area (Å²) < 4.78 is 5.29. The fourth-order valence-electron chi connectivity index (χ4n) is 2.90. The Morgan fingerprint density at radius 2 is 2.21 bits per heavy atom. The highest BCUT2D eigenvalue weighted by Crippen LogP contribution is 2.23. The van der Waals surface area contributed by atoms with E-state index >= 15 is 0 Å². The molecule has 0 spiro atoms. The molecular weight excluding hydrogens is 310 g/mol. The molecule has 0 aliphatic carbocycles. The predicted molar refractivity (Wildman–Crippen MR) is 82.7 cm³/mol. The summed E-state index contributed by atoms with van der Waals surface area (Å²) in [7, 11) is 0. The maximum Gasteiger partial charge on any atom is 0.321 e. The zero-order chi connectivity index (χ0) is 16.5. The first-order chi connectivity index (χ1) is 11.7. The van der Waals surface area contributed by atoms with Gasteiger partial charge in [0.2, 0.25) is 0 Å². The van der Waals surface area contributed by atoms with Crippen molar-refractivity contribution in [3.8, 4) is 11.5 Å². The van der Waals surface area contributed by atoms with E-state index in [9.17, 15) is 9.90 Å². The van der Waals surface area contributed by atoms with E-state index in [1.54, 1.807) is 6.33 Å². The van der Waals surface area contributed by atoms with Gasteiger partial charge in [0, 0.05) is 18.5 Å². The van der Waals surface area contributed by atoms with Gasteiger partial charge in [-0.25, -0.2) is 4.98 Å². The standard InChI is InChI=1S/C16H15N5O3/c22-16(23)13-6-11-12(18-9-17-11)7-21(13)8-14-19-15(24-20-14)10-4-2-1-3-5-10/h1-5,9,13H,6-8H2,(H,17,18)(H,22,23)/t13-/m0/s1. The minimum atomic E-state index is -0.879. The minimum absolute atomic E-state index is 0.297. The van der Waals surface area contributed by atoms with Gasteiger partial charge in [0.15, 0.2) is 5.82 Å². The molecule has 3 aromatic rings. The molecule has 1 atom stereocenters. The lowest BCUT2D eigenvalue weighted by molar-refractivity contribution is -0.144. The fourth-order valence-corrected chi connectivity index (χ4v) is 2.90. The number of hydrogen-bond acceptors (Lipinski definition) is 6. The first-order valence-electron chi connectivity index (χ1n) is 7.56. The topological polar surface area (TPSA) is 108 Å².